The highest BCUT2D eigenvalue weighted by Crippen LogP contribution is 2.20. The number of hydrogen-bond acceptors (Lipinski definition) is 3. The minimum Gasteiger partial charge on any atom is -0.395 e. The highest BCUT2D eigenvalue weighted by atomic mass is 35.5. The first kappa shape index (κ1) is 17.8. The predicted octanol–water partition coefficient (Wildman–Crippen LogP) is 1.57. The highest BCUT2D eigenvalue weighted by Gasteiger charge is 2.31. The van der Waals surface area contributed by atoms with Gasteiger partial charge in [0.2, 0.25) is 11.8 Å². The Bertz CT molecular complexity index is 547. The summed E-state index contributed by atoms with van der Waals surface area (Å²) in [6, 6.07) is 7.58. The van der Waals surface area contributed by atoms with Crippen molar-refractivity contribution >= 4 is 23.4 Å². The zero-order valence-electron chi connectivity index (χ0n) is 13.4. The average Bonchev–Trinajstić information content (AvgIpc) is 2.55. The Morgan fingerprint density at radius 2 is 2.09 bits per heavy atom. The van der Waals surface area contributed by atoms with E-state index < -0.39 is 0 Å². The van der Waals surface area contributed by atoms with E-state index in [1.54, 1.807) is 11.9 Å². The third kappa shape index (κ3) is 4.94. The molecule has 5 nitrogen and oxygen atoms in total. The van der Waals surface area contributed by atoms with Crippen LogP contribution in [0.1, 0.15) is 18.4 Å². The van der Waals surface area contributed by atoms with Gasteiger partial charge in [0.25, 0.3) is 0 Å². The number of likely N-dealkylation sites (tertiary alicyclic amines) is 1. The number of benzene rings is 1. The van der Waals surface area contributed by atoms with Gasteiger partial charge in [-0.1, -0.05) is 23.7 Å². The first-order valence-corrected chi connectivity index (χ1v) is 8.27. The van der Waals surface area contributed by atoms with Gasteiger partial charge < -0.3 is 14.9 Å². The van der Waals surface area contributed by atoms with Gasteiger partial charge in [-0.2, -0.15) is 0 Å². The monoisotopic (exact) mass is 338 g/mol. The van der Waals surface area contributed by atoms with Crippen molar-refractivity contribution in [3.05, 3.63) is 34.9 Å². The van der Waals surface area contributed by atoms with Crippen molar-refractivity contribution in [3.63, 3.8) is 0 Å². The van der Waals surface area contributed by atoms with Crippen molar-refractivity contribution in [1.82, 2.24) is 9.80 Å². The predicted molar refractivity (Wildman–Crippen MR) is 89.2 cm³/mol. The van der Waals surface area contributed by atoms with Crippen LogP contribution in [-0.4, -0.2) is 60.0 Å². The molecule has 0 bridgehead atoms. The Hall–Kier alpha value is -1.59. The van der Waals surface area contributed by atoms with E-state index in [-0.39, 0.29) is 24.3 Å². The van der Waals surface area contributed by atoms with E-state index in [2.05, 4.69) is 0 Å². The van der Waals surface area contributed by atoms with Crippen LogP contribution in [-0.2, 0) is 16.0 Å². The maximum absolute atomic E-state index is 12.3. The van der Waals surface area contributed by atoms with Gasteiger partial charge in [-0.05, 0) is 30.5 Å². The molecular weight excluding hydrogens is 316 g/mol. The third-order valence-electron chi connectivity index (χ3n) is 4.24. The zero-order chi connectivity index (χ0) is 16.8. The molecule has 0 aliphatic carbocycles. The second kappa shape index (κ2) is 8.31. The standard InChI is InChI=1S/C17H23ClN2O3/c1-19(10-11-21)17(23)14-4-7-16(22)20(12-14)9-8-13-2-5-15(18)6-3-13/h2-3,5-6,14,21H,4,7-12H2,1H3. The lowest BCUT2D eigenvalue weighted by Gasteiger charge is -2.33. The number of carbonyl (C=O) groups excluding carboxylic acids is 2. The summed E-state index contributed by atoms with van der Waals surface area (Å²) in [6.07, 6.45) is 1.74. The molecule has 1 aromatic rings. The Labute approximate surface area is 141 Å². The van der Waals surface area contributed by atoms with Crippen molar-refractivity contribution in [2.75, 3.05) is 33.3 Å². The zero-order valence-corrected chi connectivity index (χ0v) is 14.1. The summed E-state index contributed by atoms with van der Waals surface area (Å²) in [7, 11) is 1.69. The molecule has 23 heavy (non-hydrogen) atoms. The van der Waals surface area contributed by atoms with E-state index in [1.165, 1.54) is 4.90 Å². The summed E-state index contributed by atoms with van der Waals surface area (Å²) in [5, 5.41) is 9.63. The van der Waals surface area contributed by atoms with Gasteiger partial charge in [0.1, 0.15) is 0 Å². The van der Waals surface area contributed by atoms with Crippen LogP contribution in [0.5, 0.6) is 0 Å². The van der Waals surface area contributed by atoms with Gasteiger partial charge in [-0.15, -0.1) is 0 Å². The van der Waals surface area contributed by atoms with Crippen LogP contribution in [0.15, 0.2) is 24.3 Å². The summed E-state index contributed by atoms with van der Waals surface area (Å²) in [6.45, 7) is 1.34. The smallest absolute Gasteiger partial charge is 0.227 e. The van der Waals surface area contributed by atoms with Crippen LogP contribution >= 0.6 is 11.6 Å². The fraction of sp³-hybridized carbons (Fsp3) is 0.529. The Kier molecular flexibility index (Phi) is 6.42. The van der Waals surface area contributed by atoms with Gasteiger partial charge in [0.15, 0.2) is 0 Å². The molecule has 1 unspecified atom stereocenters. The summed E-state index contributed by atoms with van der Waals surface area (Å²) in [4.78, 5) is 27.7. The number of likely N-dealkylation sites (N-methyl/N-ethyl adjacent to an activating group) is 1. The quantitative estimate of drug-likeness (QED) is 0.856. The van der Waals surface area contributed by atoms with Crippen LogP contribution in [0.3, 0.4) is 0 Å². The molecule has 2 rings (SSSR count). The number of aliphatic hydroxyl groups is 1. The molecule has 2 amide bonds. The second-order valence-electron chi connectivity index (χ2n) is 5.94. The van der Waals surface area contributed by atoms with E-state index in [4.69, 9.17) is 16.7 Å². The van der Waals surface area contributed by atoms with Crippen molar-refractivity contribution in [2.45, 2.75) is 19.3 Å². The van der Waals surface area contributed by atoms with Gasteiger partial charge in [-0.3, -0.25) is 9.59 Å². The molecule has 0 saturated carbocycles. The minimum absolute atomic E-state index is 0.00282. The molecule has 1 N–H and O–H groups in total. The van der Waals surface area contributed by atoms with Gasteiger partial charge in [0, 0.05) is 38.1 Å². The van der Waals surface area contributed by atoms with E-state index >= 15 is 0 Å². The molecule has 6 heteroatoms. The van der Waals surface area contributed by atoms with E-state index in [0.29, 0.717) is 37.5 Å². The van der Waals surface area contributed by atoms with Crippen molar-refractivity contribution in [3.8, 4) is 0 Å². The first-order valence-electron chi connectivity index (χ1n) is 7.89. The molecular formula is C17H23ClN2O3. The Balaban J connectivity index is 1.91. The number of carbonyl (C=O) groups is 2. The van der Waals surface area contributed by atoms with Crippen molar-refractivity contribution in [1.29, 1.82) is 0 Å². The van der Waals surface area contributed by atoms with Crippen LogP contribution < -0.4 is 0 Å². The van der Waals surface area contributed by atoms with Gasteiger partial charge >= 0.3 is 0 Å². The largest absolute Gasteiger partial charge is 0.395 e. The number of amides is 2. The summed E-state index contributed by atoms with van der Waals surface area (Å²) in [5.74, 6) is -0.0645. The summed E-state index contributed by atoms with van der Waals surface area (Å²) in [5.41, 5.74) is 1.12. The highest BCUT2D eigenvalue weighted by molar-refractivity contribution is 6.30. The van der Waals surface area contributed by atoms with Crippen molar-refractivity contribution < 1.29 is 14.7 Å². The SMILES string of the molecule is CN(CCO)C(=O)C1CCC(=O)N(CCc2ccc(Cl)cc2)C1. The molecule has 0 spiro atoms. The van der Waals surface area contributed by atoms with Gasteiger partial charge in [-0.25, -0.2) is 0 Å². The topological polar surface area (TPSA) is 60.9 Å². The number of rotatable bonds is 6. The lowest BCUT2D eigenvalue weighted by Crippen LogP contribution is -2.47. The lowest BCUT2D eigenvalue weighted by molar-refractivity contribution is -0.142. The molecule has 1 aliphatic rings. The van der Waals surface area contributed by atoms with E-state index in [9.17, 15) is 9.59 Å². The maximum atomic E-state index is 12.3. The fourth-order valence-electron chi connectivity index (χ4n) is 2.82. The number of piperidine rings is 1. The molecule has 1 heterocycles. The molecule has 126 valence electrons. The third-order valence-corrected chi connectivity index (χ3v) is 4.50. The summed E-state index contributed by atoms with van der Waals surface area (Å²) < 4.78 is 0. The molecule has 0 radical (unpaired) electrons. The number of halogens is 1. The maximum Gasteiger partial charge on any atom is 0.227 e. The molecule has 1 aliphatic heterocycles. The van der Waals surface area contributed by atoms with Crippen molar-refractivity contribution in [2.24, 2.45) is 5.92 Å². The van der Waals surface area contributed by atoms with Crippen LogP contribution in [0, 0.1) is 5.92 Å². The molecule has 1 aromatic carbocycles. The molecule has 1 fully saturated rings. The Morgan fingerprint density at radius 3 is 2.74 bits per heavy atom. The number of hydrogen-bond donors (Lipinski definition) is 1. The second-order valence-corrected chi connectivity index (χ2v) is 6.37. The Morgan fingerprint density at radius 1 is 1.39 bits per heavy atom. The van der Waals surface area contributed by atoms with Crippen LogP contribution in [0.4, 0.5) is 0 Å². The van der Waals surface area contributed by atoms with Gasteiger partial charge in [0.05, 0.1) is 12.5 Å². The fourth-order valence-corrected chi connectivity index (χ4v) is 2.95. The molecule has 1 atom stereocenters. The van der Waals surface area contributed by atoms with Crippen LogP contribution in [0.2, 0.25) is 5.02 Å². The molecule has 1 saturated heterocycles. The summed E-state index contributed by atoms with van der Waals surface area (Å²) >= 11 is 5.87. The van der Waals surface area contributed by atoms with E-state index in [0.717, 1.165) is 12.0 Å². The normalized spacial score (nSPS) is 18.1. The lowest BCUT2D eigenvalue weighted by atomic mass is 9.95. The molecule has 0 aromatic heterocycles. The minimum atomic E-state index is -0.172. The number of aliphatic hydroxyl groups excluding tert-OH is 1. The van der Waals surface area contributed by atoms with E-state index in [1.807, 2.05) is 24.3 Å². The number of nitrogens with zero attached hydrogens (tertiary/aromatic N) is 2. The first-order chi connectivity index (χ1) is 11.0. The average molecular weight is 339 g/mol. The van der Waals surface area contributed by atoms with Crippen LogP contribution in [0.25, 0.3) is 0 Å².